The zero-order valence-corrected chi connectivity index (χ0v) is 25.5. The minimum atomic E-state index is -0.671. The number of imide groups is 1. The van der Waals surface area contributed by atoms with Crippen molar-refractivity contribution in [3.63, 3.8) is 0 Å². The highest BCUT2D eigenvalue weighted by atomic mass is 16.3. The smallest absolute Gasteiger partial charge is 0.238 e. The summed E-state index contributed by atoms with van der Waals surface area (Å²) in [5.41, 5.74) is 6.83. The third kappa shape index (κ3) is 4.02. The fourth-order valence-electron chi connectivity index (χ4n) is 7.90. The van der Waals surface area contributed by atoms with Crippen LogP contribution in [0.15, 0.2) is 99.5 Å². The number of phenolic OH excluding ortho intramolecular Hbond substituents is 1. The second-order valence-corrected chi connectivity index (χ2v) is 12.8. The Hall–Kier alpha value is -5.37. The number of benzene rings is 3. The zero-order chi connectivity index (χ0) is 32.0. The van der Waals surface area contributed by atoms with Crippen molar-refractivity contribution in [2.75, 3.05) is 4.90 Å². The molecule has 2 amide bonds. The molecule has 228 valence electrons. The van der Waals surface area contributed by atoms with Crippen molar-refractivity contribution >= 4 is 40.2 Å². The van der Waals surface area contributed by atoms with Gasteiger partial charge in [0.05, 0.1) is 17.5 Å². The van der Waals surface area contributed by atoms with Gasteiger partial charge in [-0.1, -0.05) is 35.9 Å². The van der Waals surface area contributed by atoms with Gasteiger partial charge in [-0.3, -0.25) is 24.1 Å². The van der Waals surface area contributed by atoms with Crippen molar-refractivity contribution in [1.29, 1.82) is 0 Å². The maximum atomic E-state index is 14.3. The molecule has 1 aromatic heterocycles. The molecule has 1 fully saturated rings. The number of para-hydroxylation sites is 2. The number of aromatic hydroxyl groups is 1. The topological polar surface area (TPSA) is 118 Å². The molecular weight excluding hydrogens is 580 g/mol. The summed E-state index contributed by atoms with van der Waals surface area (Å²) in [6, 6.07) is 18.2. The largest absolute Gasteiger partial charge is 0.507 e. The summed E-state index contributed by atoms with van der Waals surface area (Å²) in [7, 11) is 0. The van der Waals surface area contributed by atoms with Gasteiger partial charge in [0, 0.05) is 28.2 Å². The number of carbonyl (C=O) groups is 4. The number of amides is 2. The van der Waals surface area contributed by atoms with Crippen LogP contribution >= 0.6 is 0 Å². The standard InChI is InChI=1S/C38H30N2O6/c1-18-14-22(15-19(2)34(18)42)31-24-12-13-25-32(26(24)17-27-29(41)16-20(3)35(43)33(27)31)38(45)40(37(25)44)23-10-8-21(9-11-23)36-39-28-6-4-5-7-30(28)46-36/h4-12,14-16,25-26,31-32,42H,13,17H2,1-3H3/t25-,26+,31-,32-/m0/s1. The molecule has 1 N–H and O–H groups in total. The molecule has 1 saturated heterocycles. The van der Waals surface area contributed by atoms with Crippen molar-refractivity contribution in [1.82, 2.24) is 4.98 Å². The summed E-state index contributed by atoms with van der Waals surface area (Å²) in [5, 5.41) is 10.5. The lowest BCUT2D eigenvalue weighted by molar-refractivity contribution is -0.123. The van der Waals surface area contributed by atoms with Crippen LogP contribution in [0.5, 0.6) is 5.75 Å². The van der Waals surface area contributed by atoms with E-state index in [0.29, 0.717) is 51.4 Å². The fourth-order valence-corrected chi connectivity index (χ4v) is 7.90. The zero-order valence-electron chi connectivity index (χ0n) is 25.5. The molecule has 0 unspecified atom stereocenters. The second kappa shape index (κ2) is 10.1. The van der Waals surface area contributed by atoms with Crippen molar-refractivity contribution in [3.05, 3.63) is 112 Å². The molecule has 0 radical (unpaired) electrons. The van der Waals surface area contributed by atoms with Crippen LogP contribution in [0.25, 0.3) is 22.6 Å². The van der Waals surface area contributed by atoms with Gasteiger partial charge in [-0.2, -0.15) is 0 Å². The predicted molar refractivity (Wildman–Crippen MR) is 171 cm³/mol. The molecule has 0 bridgehead atoms. The number of aromatic nitrogens is 1. The number of Topliss-reactive ketones (excluding diaryl/α,β-unsaturated/α-hetero) is 1. The number of nitrogens with zero attached hydrogens (tertiary/aromatic N) is 2. The summed E-state index contributed by atoms with van der Waals surface area (Å²) in [5.74, 6) is -2.58. The van der Waals surface area contributed by atoms with Crippen molar-refractivity contribution in [3.8, 4) is 17.2 Å². The van der Waals surface area contributed by atoms with Gasteiger partial charge in [0.25, 0.3) is 0 Å². The highest BCUT2D eigenvalue weighted by Gasteiger charge is 2.56. The molecule has 4 aliphatic rings. The average molecular weight is 611 g/mol. The highest BCUT2D eigenvalue weighted by Crippen LogP contribution is 2.55. The number of hydrogen-bond donors (Lipinski definition) is 1. The van der Waals surface area contributed by atoms with Crippen LogP contribution < -0.4 is 4.90 Å². The number of rotatable bonds is 3. The van der Waals surface area contributed by atoms with Crippen LogP contribution in [0.4, 0.5) is 5.69 Å². The number of allylic oxidation sites excluding steroid dienone is 6. The molecule has 1 aliphatic heterocycles. The number of ketones is 2. The first-order valence-corrected chi connectivity index (χ1v) is 15.5. The van der Waals surface area contributed by atoms with Gasteiger partial charge >= 0.3 is 0 Å². The van der Waals surface area contributed by atoms with E-state index in [-0.39, 0.29) is 35.6 Å². The van der Waals surface area contributed by atoms with Crippen LogP contribution in [0.3, 0.4) is 0 Å². The minimum absolute atomic E-state index is 0.180. The highest BCUT2D eigenvalue weighted by molar-refractivity contribution is 6.25. The van der Waals surface area contributed by atoms with E-state index in [1.807, 2.05) is 42.5 Å². The lowest BCUT2D eigenvalue weighted by Crippen LogP contribution is -2.39. The van der Waals surface area contributed by atoms with E-state index >= 15 is 0 Å². The maximum absolute atomic E-state index is 14.3. The Kier molecular flexibility index (Phi) is 6.16. The Morgan fingerprint density at radius 3 is 2.33 bits per heavy atom. The van der Waals surface area contributed by atoms with Crippen LogP contribution in [-0.2, 0) is 19.2 Å². The summed E-state index contributed by atoms with van der Waals surface area (Å²) >= 11 is 0. The number of fused-ring (bicyclic) bond motifs is 4. The van der Waals surface area contributed by atoms with Crippen molar-refractivity contribution in [2.24, 2.45) is 17.8 Å². The Balaban J connectivity index is 1.17. The lowest BCUT2D eigenvalue weighted by Gasteiger charge is -2.42. The third-order valence-electron chi connectivity index (χ3n) is 10.1. The van der Waals surface area contributed by atoms with Crippen LogP contribution in [0.1, 0.15) is 42.4 Å². The monoisotopic (exact) mass is 610 g/mol. The SMILES string of the molecule is CC1=CC(=O)C2=C(C1=O)[C@@H](c1cc(C)c(O)c(C)c1)C1=CC[C@@H]3C(=O)N(c4ccc(-c5nc6ccccc6o5)cc4)C(=O)[C@@H]3[C@@H]1C2. The van der Waals surface area contributed by atoms with Crippen molar-refractivity contribution < 1.29 is 28.7 Å². The van der Waals surface area contributed by atoms with Crippen LogP contribution in [-0.4, -0.2) is 33.5 Å². The van der Waals surface area contributed by atoms with E-state index in [0.717, 1.165) is 22.2 Å². The Morgan fingerprint density at radius 1 is 0.891 bits per heavy atom. The summed E-state index contributed by atoms with van der Waals surface area (Å²) < 4.78 is 5.89. The molecule has 0 spiro atoms. The Labute approximate surface area is 264 Å². The summed E-state index contributed by atoms with van der Waals surface area (Å²) in [6.07, 6.45) is 3.96. The number of oxazole rings is 1. The fraction of sp³-hybridized carbons (Fsp3) is 0.237. The first kappa shape index (κ1) is 28.1. The molecule has 8 nitrogen and oxygen atoms in total. The van der Waals surface area contributed by atoms with Crippen LogP contribution in [0, 0.1) is 31.6 Å². The summed E-state index contributed by atoms with van der Waals surface area (Å²) in [6.45, 7) is 5.26. The number of hydrogen-bond acceptors (Lipinski definition) is 7. The molecule has 3 aromatic carbocycles. The number of carbonyl (C=O) groups excluding carboxylic acids is 4. The number of anilines is 1. The van der Waals surface area contributed by atoms with E-state index in [1.54, 1.807) is 45.0 Å². The van der Waals surface area contributed by atoms with Gasteiger partial charge in [0.15, 0.2) is 17.1 Å². The van der Waals surface area contributed by atoms with Gasteiger partial charge in [0.1, 0.15) is 11.3 Å². The van der Waals surface area contributed by atoms with Gasteiger partial charge in [-0.15, -0.1) is 0 Å². The molecule has 2 heterocycles. The molecule has 8 rings (SSSR count). The van der Waals surface area contributed by atoms with E-state index in [2.05, 4.69) is 4.98 Å². The lowest BCUT2D eigenvalue weighted by atomic mass is 9.59. The molecule has 4 aromatic rings. The predicted octanol–water partition coefficient (Wildman–Crippen LogP) is 6.45. The normalized spacial score (nSPS) is 24.2. The Morgan fingerprint density at radius 2 is 1.61 bits per heavy atom. The minimum Gasteiger partial charge on any atom is -0.507 e. The Bertz CT molecular complexity index is 2090. The van der Waals surface area contributed by atoms with Gasteiger partial charge in [0.2, 0.25) is 17.7 Å². The van der Waals surface area contributed by atoms with Gasteiger partial charge in [-0.05, 0) is 98.7 Å². The van der Waals surface area contributed by atoms with Crippen molar-refractivity contribution in [2.45, 2.75) is 39.5 Å². The molecule has 0 saturated carbocycles. The first-order valence-electron chi connectivity index (χ1n) is 15.5. The third-order valence-corrected chi connectivity index (χ3v) is 10.1. The summed E-state index contributed by atoms with van der Waals surface area (Å²) in [4.78, 5) is 61.1. The van der Waals surface area contributed by atoms with Crippen LogP contribution in [0.2, 0.25) is 0 Å². The van der Waals surface area contributed by atoms with E-state index < -0.39 is 23.7 Å². The second-order valence-electron chi connectivity index (χ2n) is 12.8. The molecule has 4 atom stereocenters. The van der Waals surface area contributed by atoms with E-state index in [9.17, 15) is 24.3 Å². The van der Waals surface area contributed by atoms with E-state index in [1.165, 1.54) is 11.0 Å². The number of phenols is 1. The van der Waals surface area contributed by atoms with Gasteiger partial charge in [-0.25, -0.2) is 4.98 Å². The number of aryl methyl sites for hydroxylation is 2. The molecular formula is C38H30N2O6. The maximum Gasteiger partial charge on any atom is 0.238 e. The average Bonchev–Trinajstić information content (AvgIpc) is 3.59. The molecule has 3 aliphatic carbocycles. The molecule has 46 heavy (non-hydrogen) atoms. The van der Waals surface area contributed by atoms with E-state index in [4.69, 9.17) is 4.42 Å². The first-order chi connectivity index (χ1) is 22.1. The van der Waals surface area contributed by atoms with Gasteiger partial charge < -0.3 is 9.52 Å². The molecule has 8 heteroatoms. The quantitative estimate of drug-likeness (QED) is 0.161.